The van der Waals surface area contributed by atoms with Crippen LogP contribution in [0.15, 0.2) is 24.4 Å². The number of aromatic nitrogens is 1. The predicted molar refractivity (Wildman–Crippen MR) is 75.5 cm³/mol. The molecule has 1 heterocycles. The lowest BCUT2D eigenvalue weighted by Gasteiger charge is -2.06. The number of aryl methyl sites for hydroxylation is 1. The number of nitrogens with zero attached hydrogens (tertiary/aromatic N) is 2. The smallest absolute Gasteiger partial charge is 0.270 e. The number of rotatable bonds is 4. The van der Waals surface area contributed by atoms with E-state index in [1.54, 1.807) is 6.20 Å². The minimum absolute atomic E-state index is 0.0903. The first-order valence-electron chi connectivity index (χ1n) is 5.71. The van der Waals surface area contributed by atoms with Crippen LogP contribution in [-0.2, 0) is 6.54 Å². The minimum Gasteiger partial charge on any atom is -0.398 e. The quantitative estimate of drug-likeness (QED) is 0.507. The molecular formula is C12H12N4O3S. The second-order valence-electron chi connectivity index (χ2n) is 4.08. The fourth-order valence-corrected chi connectivity index (χ4v) is 2.32. The standard InChI is InChI=1S/C12H12N4O3S/c1-7-5-14-11(20-7)6-15-12(17)9-4-8(16(18)19)2-3-10(9)13/h2-5H,6,13H2,1H3,(H,15,17). The number of benzene rings is 1. The van der Waals surface area contributed by atoms with Crippen LogP contribution in [0.2, 0.25) is 0 Å². The summed E-state index contributed by atoms with van der Waals surface area (Å²) in [5.74, 6) is -0.459. The highest BCUT2D eigenvalue weighted by Crippen LogP contribution is 2.19. The second-order valence-corrected chi connectivity index (χ2v) is 5.40. The Morgan fingerprint density at radius 2 is 2.30 bits per heavy atom. The van der Waals surface area contributed by atoms with Gasteiger partial charge in [-0.05, 0) is 13.0 Å². The fourth-order valence-electron chi connectivity index (χ4n) is 1.59. The van der Waals surface area contributed by atoms with Gasteiger partial charge < -0.3 is 11.1 Å². The molecule has 104 valence electrons. The monoisotopic (exact) mass is 292 g/mol. The van der Waals surface area contributed by atoms with Gasteiger partial charge in [0.15, 0.2) is 0 Å². The van der Waals surface area contributed by atoms with Crippen molar-refractivity contribution in [2.45, 2.75) is 13.5 Å². The van der Waals surface area contributed by atoms with Crippen molar-refractivity contribution in [3.05, 3.63) is 50.0 Å². The lowest BCUT2D eigenvalue weighted by atomic mass is 10.1. The van der Waals surface area contributed by atoms with Crippen LogP contribution in [-0.4, -0.2) is 15.8 Å². The van der Waals surface area contributed by atoms with E-state index in [4.69, 9.17) is 5.73 Å². The molecule has 0 spiro atoms. The molecule has 2 aromatic rings. The molecule has 20 heavy (non-hydrogen) atoms. The van der Waals surface area contributed by atoms with Crippen molar-refractivity contribution in [2.24, 2.45) is 0 Å². The Balaban J connectivity index is 2.12. The third-order valence-electron chi connectivity index (χ3n) is 2.56. The van der Waals surface area contributed by atoms with Crippen molar-refractivity contribution in [3.63, 3.8) is 0 Å². The Labute approximate surface area is 118 Å². The van der Waals surface area contributed by atoms with Crippen LogP contribution < -0.4 is 11.1 Å². The van der Waals surface area contributed by atoms with Crippen molar-refractivity contribution in [1.29, 1.82) is 0 Å². The summed E-state index contributed by atoms with van der Waals surface area (Å²) in [4.78, 5) is 27.3. The largest absolute Gasteiger partial charge is 0.398 e. The molecule has 3 N–H and O–H groups in total. The average Bonchev–Trinajstić information content (AvgIpc) is 2.82. The fraction of sp³-hybridized carbons (Fsp3) is 0.167. The molecule has 7 nitrogen and oxygen atoms in total. The van der Waals surface area contributed by atoms with Gasteiger partial charge in [-0.3, -0.25) is 14.9 Å². The number of non-ortho nitro benzene ring substituents is 1. The van der Waals surface area contributed by atoms with Crippen molar-refractivity contribution in [3.8, 4) is 0 Å². The van der Waals surface area contributed by atoms with Gasteiger partial charge in [0.2, 0.25) is 0 Å². The summed E-state index contributed by atoms with van der Waals surface area (Å²) in [6.45, 7) is 2.18. The van der Waals surface area contributed by atoms with Gasteiger partial charge in [-0.1, -0.05) is 0 Å². The molecule has 0 saturated heterocycles. The Morgan fingerprint density at radius 3 is 2.90 bits per heavy atom. The number of nitrogens with one attached hydrogen (secondary N) is 1. The summed E-state index contributed by atoms with van der Waals surface area (Å²) in [5, 5.41) is 14.1. The number of amides is 1. The molecule has 0 aliphatic heterocycles. The molecule has 1 aromatic carbocycles. The maximum atomic E-state index is 12.0. The highest BCUT2D eigenvalue weighted by Gasteiger charge is 2.15. The molecule has 0 aliphatic rings. The van der Waals surface area contributed by atoms with E-state index >= 15 is 0 Å². The van der Waals surface area contributed by atoms with Crippen molar-refractivity contribution in [1.82, 2.24) is 10.3 Å². The third-order valence-corrected chi connectivity index (χ3v) is 3.47. The van der Waals surface area contributed by atoms with Gasteiger partial charge in [0.05, 0.1) is 17.0 Å². The minimum atomic E-state index is -0.569. The summed E-state index contributed by atoms with van der Waals surface area (Å²) in [7, 11) is 0. The first-order chi connectivity index (χ1) is 9.47. The van der Waals surface area contributed by atoms with E-state index in [-0.39, 0.29) is 23.5 Å². The first kappa shape index (κ1) is 13.9. The SMILES string of the molecule is Cc1cnc(CNC(=O)c2cc([N+](=O)[O-])ccc2N)s1. The van der Waals surface area contributed by atoms with Gasteiger partial charge in [-0.15, -0.1) is 11.3 Å². The molecule has 2 rings (SSSR count). The molecular weight excluding hydrogens is 280 g/mol. The number of carbonyl (C=O) groups excluding carboxylic acids is 1. The maximum absolute atomic E-state index is 12.0. The number of nitrogen functional groups attached to an aromatic ring is 1. The zero-order chi connectivity index (χ0) is 14.7. The van der Waals surface area contributed by atoms with Crippen LogP contribution in [0.4, 0.5) is 11.4 Å². The van der Waals surface area contributed by atoms with Gasteiger partial charge in [0, 0.05) is 28.9 Å². The van der Waals surface area contributed by atoms with E-state index < -0.39 is 10.8 Å². The molecule has 0 fully saturated rings. The molecule has 0 radical (unpaired) electrons. The van der Waals surface area contributed by atoms with Crippen molar-refractivity contribution >= 4 is 28.6 Å². The van der Waals surface area contributed by atoms with Gasteiger partial charge in [-0.2, -0.15) is 0 Å². The van der Waals surface area contributed by atoms with Crippen LogP contribution in [0.25, 0.3) is 0 Å². The van der Waals surface area contributed by atoms with Crippen LogP contribution >= 0.6 is 11.3 Å². The molecule has 1 aromatic heterocycles. The summed E-state index contributed by atoms with van der Waals surface area (Å²) in [5.41, 5.74) is 5.78. The lowest BCUT2D eigenvalue weighted by Crippen LogP contribution is -2.23. The molecule has 0 aliphatic carbocycles. The number of nitrogens with two attached hydrogens (primary N) is 1. The summed E-state index contributed by atoms with van der Waals surface area (Å²) in [6, 6.07) is 3.77. The highest BCUT2D eigenvalue weighted by atomic mass is 32.1. The molecule has 0 saturated carbocycles. The number of anilines is 1. The number of hydrogen-bond donors (Lipinski definition) is 2. The number of hydrogen-bond acceptors (Lipinski definition) is 6. The van der Waals surface area contributed by atoms with E-state index in [2.05, 4.69) is 10.3 Å². The Hall–Kier alpha value is -2.48. The number of carbonyl (C=O) groups is 1. The van der Waals surface area contributed by atoms with Crippen molar-refractivity contribution in [2.75, 3.05) is 5.73 Å². The topological polar surface area (TPSA) is 111 Å². The molecule has 0 atom stereocenters. The van der Waals surface area contributed by atoms with Gasteiger partial charge >= 0.3 is 0 Å². The van der Waals surface area contributed by atoms with Crippen LogP contribution in [0.1, 0.15) is 20.2 Å². The Kier molecular flexibility index (Phi) is 3.94. The van der Waals surface area contributed by atoms with Crippen LogP contribution in [0.3, 0.4) is 0 Å². The first-order valence-corrected chi connectivity index (χ1v) is 6.52. The molecule has 0 unspecified atom stereocenters. The number of nitro benzene ring substituents is 1. The second kappa shape index (κ2) is 5.66. The molecule has 0 bridgehead atoms. The average molecular weight is 292 g/mol. The zero-order valence-electron chi connectivity index (χ0n) is 10.6. The number of thiazole rings is 1. The van der Waals surface area contributed by atoms with Gasteiger partial charge in [0.25, 0.3) is 11.6 Å². The normalized spacial score (nSPS) is 10.2. The predicted octanol–water partition coefficient (Wildman–Crippen LogP) is 1.87. The summed E-state index contributed by atoms with van der Waals surface area (Å²) in [6.07, 6.45) is 1.72. The van der Waals surface area contributed by atoms with Crippen molar-refractivity contribution < 1.29 is 9.72 Å². The summed E-state index contributed by atoms with van der Waals surface area (Å²) < 4.78 is 0. The van der Waals surface area contributed by atoms with E-state index in [0.717, 1.165) is 16.0 Å². The molecule has 1 amide bonds. The Morgan fingerprint density at radius 1 is 1.55 bits per heavy atom. The maximum Gasteiger partial charge on any atom is 0.270 e. The van der Waals surface area contributed by atoms with Crippen LogP contribution in [0, 0.1) is 17.0 Å². The molecule has 8 heteroatoms. The summed E-state index contributed by atoms with van der Waals surface area (Å²) >= 11 is 1.47. The van der Waals surface area contributed by atoms with Gasteiger partial charge in [0.1, 0.15) is 5.01 Å². The zero-order valence-corrected chi connectivity index (χ0v) is 11.4. The van der Waals surface area contributed by atoms with E-state index in [0.29, 0.717) is 0 Å². The van der Waals surface area contributed by atoms with Gasteiger partial charge in [-0.25, -0.2) is 4.98 Å². The highest BCUT2D eigenvalue weighted by molar-refractivity contribution is 7.11. The third kappa shape index (κ3) is 3.09. The Bertz CT molecular complexity index is 668. The van der Waals surface area contributed by atoms with Crippen LogP contribution in [0.5, 0.6) is 0 Å². The van der Waals surface area contributed by atoms with E-state index in [1.807, 2.05) is 6.92 Å². The van der Waals surface area contributed by atoms with E-state index in [9.17, 15) is 14.9 Å². The van der Waals surface area contributed by atoms with E-state index in [1.165, 1.54) is 23.5 Å². The lowest BCUT2D eigenvalue weighted by molar-refractivity contribution is -0.384. The number of nitro groups is 1.